The number of carboxylic acids is 1. The molecule has 0 unspecified atom stereocenters. The summed E-state index contributed by atoms with van der Waals surface area (Å²) in [5.74, 6) is -0.840. The minimum atomic E-state index is -0.840. The molecule has 108 valence electrons. The van der Waals surface area contributed by atoms with E-state index in [0.29, 0.717) is 0 Å². The van der Waals surface area contributed by atoms with Gasteiger partial charge in [-0.15, -0.1) is 6.58 Å². The van der Waals surface area contributed by atoms with Crippen LogP contribution in [0.15, 0.2) is 12.7 Å². The van der Waals surface area contributed by atoms with Crippen molar-refractivity contribution in [3.63, 3.8) is 0 Å². The van der Waals surface area contributed by atoms with Crippen molar-refractivity contribution in [1.29, 1.82) is 0 Å². The van der Waals surface area contributed by atoms with Crippen molar-refractivity contribution in [2.75, 3.05) is 0 Å². The quantitative estimate of drug-likeness (QED) is 0.343. The van der Waals surface area contributed by atoms with Crippen LogP contribution in [0.4, 0.5) is 0 Å². The average molecular weight is 321 g/mol. The molecule has 0 aromatic carbocycles. The molecule has 2 nitrogen and oxygen atoms in total. The minimum Gasteiger partial charge on any atom is -0.480 e. The van der Waals surface area contributed by atoms with Gasteiger partial charge in [-0.3, -0.25) is 4.79 Å². The Labute approximate surface area is 121 Å². The molecule has 0 saturated carbocycles. The van der Waals surface area contributed by atoms with E-state index in [1.165, 1.54) is 51.4 Å². The standard InChI is InChI=1S/C11H22.C4H7BrO2/c1-3-5-7-9-11-10-8-6-4-2;1-4(2,5)3(6)7/h3H,1,4-11H2,2H3;1-2H3,(H,6,7). The maximum absolute atomic E-state index is 9.97. The molecule has 0 saturated heterocycles. The summed E-state index contributed by atoms with van der Waals surface area (Å²) in [4.78, 5) is 9.97. The van der Waals surface area contributed by atoms with Gasteiger partial charge >= 0.3 is 5.97 Å². The van der Waals surface area contributed by atoms with Gasteiger partial charge in [0.1, 0.15) is 4.32 Å². The predicted octanol–water partition coefficient (Wildman–Crippen LogP) is 5.56. The Balaban J connectivity index is 0. The van der Waals surface area contributed by atoms with E-state index >= 15 is 0 Å². The molecule has 0 aliphatic rings. The van der Waals surface area contributed by atoms with Crippen molar-refractivity contribution in [1.82, 2.24) is 0 Å². The molecular formula is C15H29BrO2. The fraction of sp³-hybridized carbons (Fsp3) is 0.800. The number of unbranched alkanes of at least 4 members (excludes halogenated alkanes) is 7. The Morgan fingerprint density at radius 3 is 1.89 bits per heavy atom. The Bertz CT molecular complexity index is 207. The SMILES string of the molecule is C=CCCCCCCCCC.CC(C)(Br)C(=O)O. The lowest BCUT2D eigenvalue weighted by atomic mass is 10.1. The van der Waals surface area contributed by atoms with Crippen molar-refractivity contribution in [2.24, 2.45) is 0 Å². The van der Waals surface area contributed by atoms with Gasteiger partial charge in [0.05, 0.1) is 0 Å². The molecule has 0 bridgehead atoms. The lowest BCUT2D eigenvalue weighted by Gasteiger charge is -2.06. The van der Waals surface area contributed by atoms with Crippen LogP contribution in [-0.4, -0.2) is 15.4 Å². The third-order valence-electron chi connectivity index (χ3n) is 2.52. The number of halogens is 1. The van der Waals surface area contributed by atoms with E-state index in [1.54, 1.807) is 13.8 Å². The van der Waals surface area contributed by atoms with Crippen LogP contribution < -0.4 is 0 Å². The lowest BCUT2D eigenvalue weighted by molar-refractivity contribution is -0.138. The average Bonchev–Trinajstić information content (AvgIpc) is 2.27. The molecule has 0 heterocycles. The van der Waals surface area contributed by atoms with Crippen molar-refractivity contribution < 1.29 is 9.90 Å². The van der Waals surface area contributed by atoms with Crippen LogP contribution in [0.2, 0.25) is 0 Å². The first-order valence-electron chi connectivity index (χ1n) is 6.89. The zero-order valence-electron chi connectivity index (χ0n) is 12.2. The predicted molar refractivity (Wildman–Crippen MR) is 83.4 cm³/mol. The normalized spacial score (nSPS) is 10.4. The van der Waals surface area contributed by atoms with Gasteiger partial charge in [0.25, 0.3) is 0 Å². The first kappa shape index (κ1) is 20.0. The number of alkyl halides is 1. The van der Waals surface area contributed by atoms with Gasteiger partial charge in [-0.25, -0.2) is 0 Å². The van der Waals surface area contributed by atoms with E-state index in [1.807, 2.05) is 6.08 Å². The van der Waals surface area contributed by atoms with Crippen LogP contribution >= 0.6 is 15.9 Å². The number of carboxylic acid groups (broad SMARTS) is 1. The highest BCUT2D eigenvalue weighted by Gasteiger charge is 2.21. The summed E-state index contributed by atoms with van der Waals surface area (Å²) in [6, 6.07) is 0. The number of rotatable bonds is 9. The molecule has 0 atom stereocenters. The van der Waals surface area contributed by atoms with Crippen LogP contribution in [0.1, 0.15) is 72.1 Å². The molecular weight excluding hydrogens is 292 g/mol. The van der Waals surface area contributed by atoms with Gasteiger partial charge in [0.15, 0.2) is 0 Å². The van der Waals surface area contributed by atoms with Crippen LogP contribution in [0.3, 0.4) is 0 Å². The Kier molecular flexibility index (Phi) is 14.6. The minimum absolute atomic E-state index is 0.771. The molecule has 0 aliphatic heterocycles. The molecule has 0 radical (unpaired) electrons. The van der Waals surface area contributed by atoms with Gasteiger partial charge in [-0.1, -0.05) is 67.5 Å². The Morgan fingerprint density at radius 2 is 1.56 bits per heavy atom. The van der Waals surface area contributed by atoms with E-state index < -0.39 is 10.3 Å². The first-order chi connectivity index (χ1) is 8.36. The lowest BCUT2D eigenvalue weighted by Crippen LogP contribution is -2.22. The van der Waals surface area contributed by atoms with Crippen molar-refractivity contribution in [2.45, 2.75) is 76.5 Å². The molecule has 3 heteroatoms. The number of carbonyl (C=O) groups is 1. The Hall–Kier alpha value is -0.310. The highest BCUT2D eigenvalue weighted by Crippen LogP contribution is 2.14. The van der Waals surface area contributed by atoms with Gasteiger partial charge in [-0.2, -0.15) is 0 Å². The van der Waals surface area contributed by atoms with Crippen molar-refractivity contribution >= 4 is 21.9 Å². The van der Waals surface area contributed by atoms with Gasteiger partial charge in [-0.05, 0) is 26.7 Å². The van der Waals surface area contributed by atoms with Gasteiger partial charge in [0, 0.05) is 0 Å². The van der Waals surface area contributed by atoms with E-state index in [2.05, 4.69) is 29.4 Å². The summed E-state index contributed by atoms with van der Waals surface area (Å²) in [6.07, 6.45) is 13.0. The topological polar surface area (TPSA) is 37.3 Å². The second kappa shape index (κ2) is 13.1. The number of allylic oxidation sites excluding steroid dienone is 1. The number of hydrogen-bond donors (Lipinski definition) is 1. The van der Waals surface area contributed by atoms with Crippen LogP contribution in [-0.2, 0) is 4.79 Å². The summed E-state index contributed by atoms with van der Waals surface area (Å²) in [5.41, 5.74) is 0. The largest absolute Gasteiger partial charge is 0.480 e. The highest BCUT2D eigenvalue weighted by atomic mass is 79.9. The molecule has 1 N–H and O–H groups in total. The third kappa shape index (κ3) is 18.1. The molecule has 0 spiro atoms. The maximum atomic E-state index is 9.97. The monoisotopic (exact) mass is 320 g/mol. The van der Waals surface area contributed by atoms with E-state index in [0.717, 1.165) is 0 Å². The first-order valence-corrected chi connectivity index (χ1v) is 7.68. The van der Waals surface area contributed by atoms with Crippen LogP contribution in [0, 0.1) is 0 Å². The second-order valence-corrected chi connectivity index (χ2v) is 6.96. The zero-order chi connectivity index (χ0) is 14.4. The number of aliphatic carboxylic acids is 1. The summed E-state index contributed by atoms with van der Waals surface area (Å²) < 4.78 is -0.771. The smallest absolute Gasteiger partial charge is 0.319 e. The van der Waals surface area contributed by atoms with Crippen molar-refractivity contribution in [3.8, 4) is 0 Å². The fourth-order valence-corrected chi connectivity index (χ4v) is 1.25. The van der Waals surface area contributed by atoms with Crippen LogP contribution in [0.25, 0.3) is 0 Å². The Morgan fingerprint density at radius 1 is 1.17 bits per heavy atom. The molecule has 0 fully saturated rings. The molecule has 0 aliphatic carbocycles. The molecule has 0 rings (SSSR count). The van der Waals surface area contributed by atoms with Gasteiger partial charge in [0.2, 0.25) is 0 Å². The second-order valence-electron chi connectivity index (χ2n) is 4.98. The van der Waals surface area contributed by atoms with Crippen molar-refractivity contribution in [3.05, 3.63) is 12.7 Å². The summed E-state index contributed by atoms with van der Waals surface area (Å²) in [7, 11) is 0. The van der Waals surface area contributed by atoms with E-state index in [-0.39, 0.29) is 0 Å². The van der Waals surface area contributed by atoms with Gasteiger partial charge < -0.3 is 5.11 Å². The molecule has 0 aromatic rings. The zero-order valence-corrected chi connectivity index (χ0v) is 13.8. The summed E-state index contributed by atoms with van der Waals surface area (Å²) in [6.45, 7) is 9.13. The number of hydrogen-bond acceptors (Lipinski definition) is 1. The third-order valence-corrected chi connectivity index (χ3v) is 2.86. The fourth-order valence-electron chi connectivity index (χ4n) is 1.25. The molecule has 18 heavy (non-hydrogen) atoms. The summed E-state index contributed by atoms with van der Waals surface area (Å²) >= 11 is 2.94. The summed E-state index contributed by atoms with van der Waals surface area (Å²) in [5, 5.41) is 8.20. The van der Waals surface area contributed by atoms with Crippen LogP contribution in [0.5, 0.6) is 0 Å². The molecule has 0 amide bonds. The van der Waals surface area contributed by atoms with E-state index in [4.69, 9.17) is 5.11 Å². The maximum Gasteiger partial charge on any atom is 0.319 e. The molecule has 0 aromatic heterocycles. The highest BCUT2D eigenvalue weighted by molar-refractivity contribution is 9.10. The van der Waals surface area contributed by atoms with E-state index in [9.17, 15) is 4.79 Å².